The lowest BCUT2D eigenvalue weighted by molar-refractivity contribution is -0.139. The highest BCUT2D eigenvalue weighted by Crippen LogP contribution is 2.33. The molecule has 0 saturated carbocycles. The lowest BCUT2D eigenvalue weighted by Gasteiger charge is -2.47. The number of hydrogen-bond acceptors (Lipinski definition) is 5. The van der Waals surface area contributed by atoms with Gasteiger partial charge in [-0.3, -0.25) is 4.79 Å². The number of fused-ring (bicyclic) bond motifs is 1. The maximum atomic E-state index is 12.5. The van der Waals surface area contributed by atoms with E-state index in [1.54, 1.807) is 11.3 Å². The van der Waals surface area contributed by atoms with Crippen LogP contribution in [0.5, 0.6) is 0 Å². The standard InChI is InChI=1S/C19H24N4OS/c1-14-20-9-6-18(21-14)22-10-8-17-15(13-22)4-5-19(24)23(17)11-7-16-3-2-12-25-16/h2-3,6,9,12,15,17H,4-5,7-8,10-11,13H2,1H3/t15-,17+/m1/s1. The highest BCUT2D eigenvalue weighted by Gasteiger charge is 2.39. The molecule has 5 nitrogen and oxygen atoms in total. The fraction of sp³-hybridized carbons (Fsp3) is 0.526. The van der Waals surface area contributed by atoms with E-state index in [1.807, 2.05) is 19.2 Å². The third-order valence-electron chi connectivity index (χ3n) is 5.41. The zero-order chi connectivity index (χ0) is 17.2. The summed E-state index contributed by atoms with van der Waals surface area (Å²) < 4.78 is 0. The van der Waals surface area contributed by atoms with Crippen LogP contribution >= 0.6 is 11.3 Å². The molecule has 0 bridgehead atoms. The molecule has 0 radical (unpaired) electrons. The summed E-state index contributed by atoms with van der Waals surface area (Å²) >= 11 is 1.78. The first-order valence-corrected chi connectivity index (χ1v) is 9.95. The molecule has 2 aliphatic rings. The molecule has 2 saturated heterocycles. The normalized spacial score (nSPS) is 23.6. The summed E-state index contributed by atoms with van der Waals surface area (Å²) in [6, 6.07) is 6.63. The molecule has 0 aliphatic carbocycles. The molecule has 0 spiro atoms. The zero-order valence-corrected chi connectivity index (χ0v) is 15.4. The van der Waals surface area contributed by atoms with Crippen LogP contribution in [0, 0.1) is 12.8 Å². The molecule has 2 aromatic heterocycles. The van der Waals surface area contributed by atoms with E-state index in [0.29, 0.717) is 24.3 Å². The molecular weight excluding hydrogens is 332 g/mol. The summed E-state index contributed by atoms with van der Waals surface area (Å²) in [5, 5.41) is 2.11. The number of rotatable bonds is 4. The highest BCUT2D eigenvalue weighted by atomic mass is 32.1. The first-order chi connectivity index (χ1) is 12.2. The molecule has 2 atom stereocenters. The molecule has 2 aliphatic heterocycles. The molecule has 0 N–H and O–H groups in total. The van der Waals surface area contributed by atoms with E-state index in [9.17, 15) is 4.79 Å². The van der Waals surface area contributed by atoms with Crippen molar-refractivity contribution in [3.05, 3.63) is 40.5 Å². The van der Waals surface area contributed by atoms with E-state index in [0.717, 1.165) is 50.5 Å². The van der Waals surface area contributed by atoms with Gasteiger partial charge in [-0.05, 0) is 49.6 Å². The smallest absolute Gasteiger partial charge is 0.222 e. The van der Waals surface area contributed by atoms with Gasteiger partial charge in [0, 0.05) is 43.2 Å². The molecule has 1 amide bonds. The Hall–Kier alpha value is -1.95. The number of hydrogen-bond donors (Lipinski definition) is 0. The van der Waals surface area contributed by atoms with Crippen molar-refractivity contribution >= 4 is 23.1 Å². The van der Waals surface area contributed by atoms with Crippen LogP contribution in [0.3, 0.4) is 0 Å². The van der Waals surface area contributed by atoms with Crippen molar-refractivity contribution in [2.24, 2.45) is 5.92 Å². The fourth-order valence-electron chi connectivity index (χ4n) is 4.16. The minimum atomic E-state index is 0.337. The first-order valence-electron chi connectivity index (χ1n) is 9.07. The predicted octanol–water partition coefficient (Wildman–Crippen LogP) is 2.91. The molecule has 4 heterocycles. The molecule has 25 heavy (non-hydrogen) atoms. The second-order valence-electron chi connectivity index (χ2n) is 6.98. The van der Waals surface area contributed by atoms with Crippen molar-refractivity contribution in [1.82, 2.24) is 14.9 Å². The quantitative estimate of drug-likeness (QED) is 0.845. The van der Waals surface area contributed by atoms with Gasteiger partial charge in [-0.2, -0.15) is 0 Å². The summed E-state index contributed by atoms with van der Waals surface area (Å²) in [5.74, 6) is 2.72. The predicted molar refractivity (Wildman–Crippen MR) is 99.8 cm³/mol. The van der Waals surface area contributed by atoms with Crippen molar-refractivity contribution in [1.29, 1.82) is 0 Å². The SMILES string of the molecule is Cc1nccc(N2CC[C@H]3[C@H](CCC(=O)N3CCc3cccs3)C2)n1. The van der Waals surface area contributed by atoms with Crippen LogP contribution < -0.4 is 4.90 Å². The number of amides is 1. The van der Waals surface area contributed by atoms with Crippen LogP contribution in [0.2, 0.25) is 0 Å². The summed E-state index contributed by atoms with van der Waals surface area (Å²) in [4.78, 5) is 27.2. The summed E-state index contributed by atoms with van der Waals surface area (Å²) in [6.45, 7) is 4.74. The van der Waals surface area contributed by atoms with Crippen LogP contribution in [0.1, 0.15) is 30.0 Å². The van der Waals surface area contributed by atoms with Gasteiger partial charge < -0.3 is 9.80 Å². The Morgan fingerprint density at radius 1 is 1.32 bits per heavy atom. The van der Waals surface area contributed by atoms with Gasteiger partial charge in [0.1, 0.15) is 11.6 Å². The Balaban J connectivity index is 1.44. The monoisotopic (exact) mass is 356 g/mol. The van der Waals surface area contributed by atoms with E-state index in [2.05, 4.69) is 37.3 Å². The number of carbonyl (C=O) groups excluding carboxylic acids is 1. The molecule has 4 rings (SSSR count). The van der Waals surface area contributed by atoms with Crippen molar-refractivity contribution < 1.29 is 4.79 Å². The highest BCUT2D eigenvalue weighted by molar-refractivity contribution is 7.09. The van der Waals surface area contributed by atoms with Gasteiger partial charge in [0.25, 0.3) is 0 Å². The second kappa shape index (κ2) is 7.12. The van der Waals surface area contributed by atoms with Gasteiger partial charge in [-0.25, -0.2) is 9.97 Å². The molecular formula is C19H24N4OS. The summed E-state index contributed by atoms with van der Waals surface area (Å²) in [5.41, 5.74) is 0. The second-order valence-corrected chi connectivity index (χ2v) is 8.01. The van der Waals surface area contributed by atoms with E-state index in [4.69, 9.17) is 0 Å². The minimum Gasteiger partial charge on any atom is -0.356 e. The van der Waals surface area contributed by atoms with Crippen molar-refractivity contribution in [3.8, 4) is 0 Å². The average Bonchev–Trinajstić information content (AvgIpc) is 3.14. The maximum absolute atomic E-state index is 12.5. The van der Waals surface area contributed by atoms with Crippen LogP contribution in [0.25, 0.3) is 0 Å². The van der Waals surface area contributed by atoms with Crippen molar-refractivity contribution in [3.63, 3.8) is 0 Å². The Kier molecular flexibility index (Phi) is 4.70. The summed E-state index contributed by atoms with van der Waals surface area (Å²) in [6.07, 6.45) is 5.52. The third kappa shape index (κ3) is 3.54. The number of piperidine rings is 2. The molecule has 2 fully saturated rings. The largest absolute Gasteiger partial charge is 0.356 e. The van der Waals surface area contributed by atoms with Crippen molar-refractivity contribution in [2.45, 2.75) is 38.6 Å². The van der Waals surface area contributed by atoms with Crippen LogP contribution in [-0.2, 0) is 11.2 Å². The minimum absolute atomic E-state index is 0.337. The topological polar surface area (TPSA) is 49.3 Å². The molecule has 2 aromatic rings. The van der Waals surface area contributed by atoms with Gasteiger partial charge >= 0.3 is 0 Å². The third-order valence-corrected chi connectivity index (χ3v) is 6.34. The first kappa shape index (κ1) is 16.5. The van der Waals surface area contributed by atoms with Crippen LogP contribution in [-0.4, -0.2) is 46.5 Å². The van der Waals surface area contributed by atoms with Gasteiger partial charge in [0.15, 0.2) is 0 Å². The fourth-order valence-corrected chi connectivity index (χ4v) is 4.85. The number of aryl methyl sites for hydroxylation is 1. The lowest BCUT2D eigenvalue weighted by Crippen LogP contribution is -2.56. The lowest BCUT2D eigenvalue weighted by atomic mass is 9.83. The molecule has 6 heteroatoms. The Bertz CT molecular complexity index is 733. The van der Waals surface area contributed by atoms with E-state index >= 15 is 0 Å². The average molecular weight is 356 g/mol. The molecule has 132 valence electrons. The molecule has 0 unspecified atom stereocenters. The number of aromatic nitrogens is 2. The van der Waals surface area contributed by atoms with Gasteiger partial charge in [-0.15, -0.1) is 11.3 Å². The van der Waals surface area contributed by atoms with Gasteiger partial charge in [0.2, 0.25) is 5.91 Å². The number of nitrogens with zero attached hydrogens (tertiary/aromatic N) is 4. The number of likely N-dealkylation sites (tertiary alicyclic amines) is 1. The van der Waals surface area contributed by atoms with Crippen LogP contribution in [0.4, 0.5) is 5.82 Å². The van der Waals surface area contributed by atoms with Gasteiger partial charge in [0.05, 0.1) is 0 Å². The number of carbonyl (C=O) groups is 1. The van der Waals surface area contributed by atoms with Gasteiger partial charge in [-0.1, -0.05) is 6.07 Å². The number of thiophene rings is 1. The molecule has 0 aromatic carbocycles. The van der Waals surface area contributed by atoms with E-state index in [1.165, 1.54) is 4.88 Å². The number of anilines is 1. The Labute approximate surface area is 152 Å². The zero-order valence-electron chi connectivity index (χ0n) is 14.6. The van der Waals surface area contributed by atoms with Crippen molar-refractivity contribution in [2.75, 3.05) is 24.5 Å². The van der Waals surface area contributed by atoms with E-state index in [-0.39, 0.29) is 0 Å². The Morgan fingerprint density at radius 3 is 3.04 bits per heavy atom. The Morgan fingerprint density at radius 2 is 2.24 bits per heavy atom. The van der Waals surface area contributed by atoms with Crippen LogP contribution in [0.15, 0.2) is 29.8 Å². The summed E-state index contributed by atoms with van der Waals surface area (Å²) in [7, 11) is 0. The maximum Gasteiger partial charge on any atom is 0.222 e. The van der Waals surface area contributed by atoms with E-state index < -0.39 is 0 Å².